The number of hydrogen-bond donors (Lipinski definition) is 2. The van der Waals surface area contributed by atoms with Crippen molar-refractivity contribution in [3.8, 4) is 0 Å². The van der Waals surface area contributed by atoms with Gasteiger partial charge in [-0.05, 0) is 31.5 Å². The van der Waals surface area contributed by atoms with Gasteiger partial charge in [0.25, 0.3) is 0 Å². The van der Waals surface area contributed by atoms with Crippen molar-refractivity contribution in [3.63, 3.8) is 0 Å². The minimum Gasteiger partial charge on any atom is -0.355 e. The second-order valence-electron chi connectivity index (χ2n) is 4.92. The molecule has 0 amide bonds. The van der Waals surface area contributed by atoms with Crippen LogP contribution in [0.2, 0.25) is 0 Å². The molecule has 14 heavy (non-hydrogen) atoms. The fraction of sp³-hybridized carbons (Fsp3) is 0.778. The molecule has 5 heteroatoms. The lowest BCUT2D eigenvalue weighted by Gasteiger charge is -2.39. The van der Waals surface area contributed by atoms with Crippen LogP contribution in [0, 0.1) is 9.37 Å². The molecule has 0 aliphatic carbocycles. The van der Waals surface area contributed by atoms with Crippen molar-refractivity contribution >= 4 is 28.7 Å². The Morgan fingerprint density at radius 1 is 1.29 bits per heavy atom. The van der Waals surface area contributed by atoms with Gasteiger partial charge in [0, 0.05) is 5.54 Å². The lowest BCUT2D eigenvalue weighted by Crippen LogP contribution is -2.44. The van der Waals surface area contributed by atoms with Gasteiger partial charge in [-0.3, -0.25) is 5.10 Å². The number of rotatable bonds is 2. The number of nitrogens with one attached hydrogen (secondary N) is 2. The molecule has 0 fully saturated rings. The highest BCUT2D eigenvalue weighted by Crippen LogP contribution is 2.33. The maximum absolute atomic E-state index is 4.98. The smallest absolute Gasteiger partial charge is 0.204 e. The van der Waals surface area contributed by atoms with Gasteiger partial charge in [-0.25, -0.2) is 0 Å². The summed E-state index contributed by atoms with van der Waals surface area (Å²) in [6, 6.07) is 0. The van der Waals surface area contributed by atoms with Crippen LogP contribution in [-0.2, 0) is 0 Å². The average Bonchev–Trinajstić information content (AvgIpc) is 2.31. The Kier molecular flexibility index (Phi) is 3.02. The number of anilines is 1. The van der Waals surface area contributed by atoms with E-state index in [1.807, 2.05) is 0 Å². The van der Waals surface area contributed by atoms with Crippen LogP contribution in [0.25, 0.3) is 0 Å². The summed E-state index contributed by atoms with van der Waals surface area (Å²) in [7, 11) is 0. The van der Waals surface area contributed by atoms with Gasteiger partial charge in [-0.2, -0.15) is 0 Å². The van der Waals surface area contributed by atoms with Gasteiger partial charge >= 0.3 is 0 Å². The molecule has 0 aromatic carbocycles. The van der Waals surface area contributed by atoms with Crippen LogP contribution < -0.4 is 5.32 Å². The number of nitrogens with zero attached hydrogens (tertiary/aromatic N) is 1. The zero-order valence-corrected chi connectivity index (χ0v) is 10.9. The van der Waals surface area contributed by atoms with E-state index in [2.05, 4.69) is 50.1 Å². The Morgan fingerprint density at radius 2 is 1.86 bits per heavy atom. The van der Waals surface area contributed by atoms with Crippen molar-refractivity contribution < 1.29 is 0 Å². The number of hydrogen-bond acceptors (Lipinski definition) is 4. The molecule has 1 aromatic rings. The third-order valence-electron chi connectivity index (χ3n) is 2.73. The molecule has 0 bridgehead atoms. The lowest BCUT2D eigenvalue weighted by molar-refractivity contribution is 0.254. The summed E-state index contributed by atoms with van der Waals surface area (Å²) in [6.45, 7) is 10.9. The molecule has 0 atom stereocenters. The van der Waals surface area contributed by atoms with Crippen LogP contribution in [0.5, 0.6) is 0 Å². The zero-order valence-electron chi connectivity index (χ0n) is 9.26. The van der Waals surface area contributed by atoms with Crippen molar-refractivity contribution in [3.05, 3.63) is 3.95 Å². The topological polar surface area (TPSA) is 40.7 Å². The molecule has 0 radical (unpaired) electrons. The van der Waals surface area contributed by atoms with Gasteiger partial charge in [0.05, 0.1) is 0 Å². The van der Waals surface area contributed by atoms with Crippen LogP contribution in [0.3, 0.4) is 0 Å². The average molecular weight is 231 g/mol. The Labute approximate surface area is 93.9 Å². The minimum absolute atomic E-state index is 0.0134. The number of aromatic nitrogens is 2. The molecular weight excluding hydrogens is 214 g/mol. The van der Waals surface area contributed by atoms with Gasteiger partial charge in [0.1, 0.15) is 0 Å². The summed E-state index contributed by atoms with van der Waals surface area (Å²) >= 11 is 6.44. The van der Waals surface area contributed by atoms with Gasteiger partial charge in [0.2, 0.25) is 5.13 Å². The van der Waals surface area contributed by atoms with Crippen LogP contribution in [0.4, 0.5) is 5.13 Å². The quantitative estimate of drug-likeness (QED) is 0.766. The third-order valence-corrected chi connectivity index (χ3v) is 3.74. The molecule has 1 rings (SSSR count). The maximum atomic E-state index is 4.98. The second kappa shape index (κ2) is 3.62. The van der Waals surface area contributed by atoms with E-state index >= 15 is 0 Å². The standard InChI is InChI=1S/C9H17N3S2/c1-8(2,3)9(4,5)10-6-11-12-7(13)14-6/h1-5H3,(H,10,11)(H,12,13). The van der Waals surface area contributed by atoms with E-state index in [0.29, 0.717) is 3.95 Å². The molecule has 0 saturated carbocycles. The van der Waals surface area contributed by atoms with Crippen molar-refractivity contribution in [1.29, 1.82) is 0 Å². The molecule has 3 nitrogen and oxygen atoms in total. The molecule has 80 valence electrons. The van der Waals surface area contributed by atoms with E-state index in [-0.39, 0.29) is 11.0 Å². The first-order chi connectivity index (χ1) is 6.22. The molecule has 0 spiro atoms. The van der Waals surface area contributed by atoms with Crippen LogP contribution >= 0.6 is 23.6 Å². The van der Waals surface area contributed by atoms with Gasteiger partial charge < -0.3 is 5.32 Å². The van der Waals surface area contributed by atoms with Crippen molar-refractivity contribution in [2.75, 3.05) is 5.32 Å². The van der Waals surface area contributed by atoms with Gasteiger partial charge in [-0.15, -0.1) is 5.10 Å². The Balaban J connectivity index is 2.83. The van der Waals surface area contributed by atoms with Gasteiger partial charge in [-0.1, -0.05) is 32.1 Å². The monoisotopic (exact) mass is 231 g/mol. The van der Waals surface area contributed by atoms with Crippen LogP contribution in [-0.4, -0.2) is 15.7 Å². The third kappa shape index (κ3) is 2.54. The van der Waals surface area contributed by atoms with E-state index in [0.717, 1.165) is 5.13 Å². The minimum atomic E-state index is -0.0134. The lowest BCUT2D eigenvalue weighted by atomic mass is 9.76. The summed E-state index contributed by atoms with van der Waals surface area (Å²) in [5.74, 6) is 0. The molecule has 1 heterocycles. The summed E-state index contributed by atoms with van der Waals surface area (Å²) in [5.41, 5.74) is 0.154. The molecule has 1 aromatic heterocycles. The molecule has 0 aliphatic heterocycles. The highest BCUT2D eigenvalue weighted by Gasteiger charge is 2.33. The van der Waals surface area contributed by atoms with E-state index in [9.17, 15) is 0 Å². The highest BCUT2D eigenvalue weighted by molar-refractivity contribution is 7.73. The Morgan fingerprint density at radius 3 is 2.21 bits per heavy atom. The summed E-state index contributed by atoms with van der Waals surface area (Å²) < 4.78 is 0.706. The fourth-order valence-electron chi connectivity index (χ4n) is 0.738. The molecule has 0 aliphatic rings. The first-order valence-corrected chi connectivity index (χ1v) is 5.78. The van der Waals surface area contributed by atoms with Crippen LogP contribution in [0.15, 0.2) is 0 Å². The van der Waals surface area contributed by atoms with Crippen molar-refractivity contribution in [1.82, 2.24) is 10.2 Å². The summed E-state index contributed by atoms with van der Waals surface area (Å²) in [6.07, 6.45) is 0. The Bertz CT molecular complexity index is 357. The van der Waals surface area contributed by atoms with Crippen LogP contribution in [0.1, 0.15) is 34.6 Å². The highest BCUT2D eigenvalue weighted by atomic mass is 32.1. The molecular formula is C9H17N3S2. The predicted octanol–water partition coefficient (Wildman–Crippen LogP) is 3.44. The number of H-pyrrole nitrogens is 1. The first-order valence-electron chi connectivity index (χ1n) is 4.56. The molecule has 0 saturated heterocycles. The first kappa shape index (κ1) is 11.7. The maximum Gasteiger partial charge on any atom is 0.204 e. The molecule has 0 unspecified atom stereocenters. The Hall–Kier alpha value is -0.420. The normalized spacial score (nSPS) is 12.9. The zero-order chi connectivity index (χ0) is 11.0. The SMILES string of the molecule is CC(C)(C)C(C)(C)Nc1n[nH]c(=S)s1. The van der Waals surface area contributed by atoms with Crippen molar-refractivity contribution in [2.45, 2.75) is 40.2 Å². The summed E-state index contributed by atoms with van der Waals surface area (Å²) in [5, 5.41) is 11.1. The fourth-order valence-corrected chi connectivity index (χ4v) is 1.68. The number of aromatic amines is 1. The summed E-state index contributed by atoms with van der Waals surface area (Å²) in [4.78, 5) is 0. The molecule has 2 N–H and O–H groups in total. The van der Waals surface area contributed by atoms with E-state index < -0.39 is 0 Å². The second-order valence-corrected chi connectivity index (χ2v) is 6.58. The van der Waals surface area contributed by atoms with Gasteiger partial charge in [0.15, 0.2) is 3.95 Å². The van der Waals surface area contributed by atoms with E-state index in [1.165, 1.54) is 11.3 Å². The van der Waals surface area contributed by atoms with Crippen molar-refractivity contribution in [2.24, 2.45) is 5.41 Å². The van der Waals surface area contributed by atoms with E-state index in [1.54, 1.807) is 0 Å². The van der Waals surface area contributed by atoms with E-state index in [4.69, 9.17) is 12.2 Å². The predicted molar refractivity (Wildman–Crippen MR) is 64.5 cm³/mol. The largest absolute Gasteiger partial charge is 0.355 e.